The van der Waals surface area contributed by atoms with Crippen molar-refractivity contribution in [2.75, 3.05) is 5.32 Å². The van der Waals surface area contributed by atoms with Gasteiger partial charge in [0.15, 0.2) is 0 Å². The second-order valence-corrected chi connectivity index (χ2v) is 5.33. The van der Waals surface area contributed by atoms with E-state index in [0.717, 1.165) is 23.3 Å². The largest absolute Gasteiger partial charge is 0.316 e. The SMILES string of the molecule is CCC(CC)C(=O)Nc1sc(C)c(C)c1C#N. The summed E-state index contributed by atoms with van der Waals surface area (Å²) >= 11 is 1.48. The van der Waals surface area contributed by atoms with Gasteiger partial charge in [0.1, 0.15) is 11.1 Å². The fourth-order valence-electron chi connectivity index (χ4n) is 1.72. The molecule has 0 spiro atoms. The van der Waals surface area contributed by atoms with E-state index in [1.165, 1.54) is 11.3 Å². The molecule has 0 aliphatic heterocycles. The van der Waals surface area contributed by atoms with E-state index in [-0.39, 0.29) is 11.8 Å². The smallest absolute Gasteiger partial charge is 0.228 e. The Bertz CT molecular complexity index is 453. The molecule has 0 radical (unpaired) electrons. The van der Waals surface area contributed by atoms with E-state index in [0.29, 0.717) is 10.6 Å². The lowest BCUT2D eigenvalue weighted by molar-refractivity contribution is -0.120. The second kappa shape index (κ2) is 5.83. The van der Waals surface area contributed by atoms with Crippen LogP contribution in [0.2, 0.25) is 0 Å². The molecule has 0 saturated heterocycles. The monoisotopic (exact) mass is 250 g/mol. The van der Waals surface area contributed by atoms with Crippen LogP contribution in [-0.4, -0.2) is 5.91 Å². The van der Waals surface area contributed by atoms with Gasteiger partial charge in [-0.05, 0) is 32.3 Å². The molecule has 4 heteroatoms. The molecule has 1 aromatic heterocycles. The molecule has 0 aromatic carbocycles. The van der Waals surface area contributed by atoms with Gasteiger partial charge in [0.05, 0.1) is 5.56 Å². The highest BCUT2D eigenvalue weighted by molar-refractivity contribution is 7.16. The van der Waals surface area contributed by atoms with Crippen LogP contribution in [0.15, 0.2) is 0 Å². The van der Waals surface area contributed by atoms with Crippen molar-refractivity contribution in [2.45, 2.75) is 40.5 Å². The molecular weight excluding hydrogens is 232 g/mol. The predicted octanol–water partition coefficient (Wildman–Crippen LogP) is 3.61. The minimum absolute atomic E-state index is 0.0211. The number of carbonyl (C=O) groups is 1. The molecule has 3 nitrogen and oxygen atoms in total. The quantitative estimate of drug-likeness (QED) is 0.887. The summed E-state index contributed by atoms with van der Waals surface area (Å²) in [6.45, 7) is 7.89. The zero-order valence-electron chi connectivity index (χ0n) is 10.8. The lowest BCUT2D eigenvalue weighted by Gasteiger charge is -2.11. The van der Waals surface area contributed by atoms with Gasteiger partial charge in [-0.25, -0.2) is 0 Å². The number of anilines is 1. The first kappa shape index (κ1) is 13.7. The number of rotatable bonds is 4. The maximum atomic E-state index is 11.9. The lowest BCUT2D eigenvalue weighted by Crippen LogP contribution is -2.21. The van der Waals surface area contributed by atoms with Crippen LogP contribution in [0.4, 0.5) is 5.00 Å². The number of thiophene rings is 1. The summed E-state index contributed by atoms with van der Waals surface area (Å²) in [6.07, 6.45) is 1.65. The molecule has 92 valence electrons. The maximum Gasteiger partial charge on any atom is 0.228 e. The summed E-state index contributed by atoms with van der Waals surface area (Å²) in [7, 11) is 0. The molecule has 0 unspecified atom stereocenters. The van der Waals surface area contributed by atoms with Gasteiger partial charge in [-0.2, -0.15) is 5.26 Å². The molecule has 1 heterocycles. The normalized spacial score (nSPS) is 10.4. The van der Waals surface area contributed by atoms with Crippen LogP contribution in [0.3, 0.4) is 0 Å². The van der Waals surface area contributed by atoms with Crippen molar-refractivity contribution in [3.05, 3.63) is 16.0 Å². The predicted molar refractivity (Wildman–Crippen MR) is 71.2 cm³/mol. The topological polar surface area (TPSA) is 52.9 Å². The fraction of sp³-hybridized carbons (Fsp3) is 0.538. The van der Waals surface area contributed by atoms with Crippen molar-refractivity contribution in [1.82, 2.24) is 0 Å². The van der Waals surface area contributed by atoms with Gasteiger partial charge in [-0.15, -0.1) is 11.3 Å². The third kappa shape index (κ3) is 2.86. The fourth-order valence-corrected chi connectivity index (χ4v) is 2.74. The zero-order valence-corrected chi connectivity index (χ0v) is 11.6. The van der Waals surface area contributed by atoms with Crippen molar-refractivity contribution in [2.24, 2.45) is 5.92 Å². The molecule has 0 atom stereocenters. The van der Waals surface area contributed by atoms with Crippen molar-refractivity contribution in [3.63, 3.8) is 0 Å². The summed E-state index contributed by atoms with van der Waals surface area (Å²) in [6, 6.07) is 2.16. The first-order chi connectivity index (χ1) is 8.04. The highest BCUT2D eigenvalue weighted by Crippen LogP contribution is 2.32. The molecule has 1 N–H and O–H groups in total. The standard InChI is InChI=1S/C13H18N2OS/c1-5-10(6-2)12(16)15-13-11(7-14)8(3)9(4)17-13/h10H,5-6H2,1-4H3,(H,15,16). The van der Waals surface area contributed by atoms with Crippen LogP contribution < -0.4 is 5.32 Å². The van der Waals surface area contributed by atoms with Crippen LogP contribution in [0, 0.1) is 31.1 Å². The van der Waals surface area contributed by atoms with Crippen LogP contribution in [0.25, 0.3) is 0 Å². The summed E-state index contributed by atoms with van der Waals surface area (Å²) in [5.41, 5.74) is 1.57. The van der Waals surface area contributed by atoms with Gasteiger partial charge in [-0.3, -0.25) is 4.79 Å². The van der Waals surface area contributed by atoms with E-state index in [2.05, 4.69) is 11.4 Å². The Morgan fingerprint density at radius 2 is 2.00 bits per heavy atom. The maximum absolute atomic E-state index is 11.9. The molecular formula is C13H18N2OS. The Balaban J connectivity index is 2.93. The highest BCUT2D eigenvalue weighted by atomic mass is 32.1. The number of nitriles is 1. The summed E-state index contributed by atoms with van der Waals surface area (Å²) in [5, 5.41) is 12.7. The van der Waals surface area contributed by atoms with E-state index in [1.807, 2.05) is 27.7 Å². The van der Waals surface area contributed by atoms with Crippen LogP contribution in [0.5, 0.6) is 0 Å². The highest BCUT2D eigenvalue weighted by Gasteiger charge is 2.18. The van der Waals surface area contributed by atoms with Crippen LogP contribution >= 0.6 is 11.3 Å². The van der Waals surface area contributed by atoms with Gasteiger partial charge in [-0.1, -0.05) is 13.8 Å². The van der Waals surface area contributed by atoms with Crippen molar-refractivity contribution in [1.29, 1.82) is 5.26 Å². The van der Waals surface area contributed by atoms with E-state index < -0.39 is 0 Å². The van der Waals surface area contributed by atoms with Crippen molar-refractivity contribution in [3.8, 4) is 6.07 Å². The van der Waals surface area contributed by atoms with Gasteiger partial charge in [0, 0.05) is 10.8 Å². The number of amides is 1. The van der Waals surface area contributed by atoms with Gasteiger partial charge in [0.25, 0.3) is 0 Å². The molecule has 1 rings (SSSR count). The average molecular weight is 250 g/mol. The Kier molecular flexibility index (Phi) is 4.71. The summed E-state index contributed by atoms with van der Waals surface area (Å²) in [5.74, 6) is 0.0528. The second-order valence-electron chi connectivity index (χ2n) is 4.10. The molecule has 1 aromatic rings. The van der Waals surface area contributed by atoms with Gasteiger partial charge >= 0.3 is 0 Å². The third-order valence-electron chi connectivity index (χ3n) is 3.09. The van der Waals surface area contributed by atoms with Gasteiger partial charge in [0.2, 0.25) is 5.91 Å². The minimum Gasteiger partial charge on any atom is -0.316 e. The lowest BCUT2D eigenvalue weighted by atomic mass is 10.0. The average Bonchev–Trinajstić information content (AvgIpc) is 2.56. The first-order valence-corrected chi connectivity index (χ1v) is 6.67. The zero-order chi connectivity index (χ0) is 13.0. The number of aryl methyl sites for hydroxylation is 1. The number of nitrogens with one attached hydrogen (secondary N) is 1. The van der Waals surface area contributed by atoms with E-state index in [9.17, 15) is 4.79 Å². The first-order valence-electron chi connectivity index (χ1n) is 5.86. The Morgan fingerprint density at radius 3 is 2.47 bits per heavy atom. The summed E-state index contributed by atoms with van der Waals surface area (Å²) < 4.78 is 0. The Hall–Kier alpha value is -1.34. The van der Waals surface area contributed by atoms with E-state index in [1.54, 1.807) is 0 Å². The summed E-state index contributed by atoms with van der Waals surface area (Å²) in [4.78, 5) is 13.0. The molecule has 1 amide bonds. The van der Waals surface area contributed by atoms with Crippen LogP contribution in [0.1, 0.15) is 42.7 Å². The molecule has 0 aliphatic carbocycles. The Morgan fingerprint density at radius 1 is 1.41 bits per heavy atom. The van der Waals surface area contributed by atoms with Crippen molar-refractivity contribution < 1.29 is 4.79 Å². The number of hydrogen-bond acceptors (Lipinski definition) is 3. The molecule has 17 heavy (non-hydrogen) atoms. The van der Waals surface area contributed by atoms with E-state index in [4.69, 9.17) is 5.26 Å². The number of hydrogen-bond donors (Lipinski definition) is 1. The third-order valence-corrected chi connectivity index (χ3v) is 4.21. The molecule has 0 aliphatic rings. The molecule has 0 bridgehead atoms. The number of carbonyl (C=O) groups excluding carboxylic acids is 1. The van der Waals surface area contributed by atoms with Gasteiger partial charge < -0.3 is 5.32 Å². The van der Waals surface area contributed by atoms with Crippen LogP contribution in [-0.2, 0) is 4.79 Å². The molecule has 0 saturated carbocycles. The van der Waals surface area contributed by atoms with Crippen molar-refractivity contribution >= 4 is 22.2 Å². The molecule has 0 fully saturated rings. The van der Waals surface area contributed by atoms with E-state index >= 15 is 0 Å². The minimum atomic E-state index is 0.0211. The number of nitrogens with zero attached hydrogens (tertiary/aromatic N) is 1. The Labute approximate surface area is 106 Å².